The van der Waals surface area contributed by atoms with E-state index in [-0.39, 0.29) is 6.10 Å². The summed E-state index contributed by atoms with van der Waals surface area (Å²) in [5.41, 5.74) is 1.06. The van der Waals surface area contributed by atoms with Crippen molar-refractivity contribution in [3.05, 3.63) is 34.9 Å². The first kappa shape index (κ1) is 10.5. The third-order valence-electron chi connectivity index (χ3n) is 1.71. The van der Waals surface area contributed by atoms with Gasteiger partial charge in [-0.05, 0) is 18.6 Å². The smallest absolute Gasteiger partial charge is 0.0636 e. The maximum atomic E-state index is 9.00. The number of halogens is 1. The first-order valence-corrected chi connectivity index (χ1v) is 4.70. The molecule has 0 saturated heterocycles. The molecule has 0 fully saturated rings. The SMILES string of the molecule is C[C@H](O)CNCc1ccccc1Cl. The molecule has 0 aliphatic rings. The summed E-state index contributed by atoms with van der Waals surface area (Å²) in [4.78, 5) is 0. The Morgan fingerprint density at radius 2 is 2.15 bits per heavy atom. The molecule has 2 nitrogen and oxygen atoms in total. The first-order chi connectivity index (χ1) is 6.20. The van der Waals surface area contributed by atoms with E-state index >= 15 is 0 Å². The van der Waals surface area contributed by atoms with Crippen molar-refractivity contribution in [3.8, 4) is 0 Å². The topological polar surface area (TPSA) is 32.3 Å². The minimum Gasteiger partial charge on any atom is -0.392 e. The predicted octanol–water partition coefficient (Wildman–Crippen LogP) is 1.81. The number of rotatable bonds is 4. The average molecular weight is 200 g/mol. The Kier molecular flexibility index (Phi) is 4.22. The van der Waals surface area contributed by atoms with Crippen molar-refractivity contribution < 1.29 is 5.11 Å². The summed E-state index contributed by atoms with van der Waals surface area (Å²) >= 11 is 5.94. The molecule has 1 aromatic rings. The van der Waals surface area contributed by atoms with Gasteiger partial charge >= 0.3 is 0 Å². The Balaban J connectivity index is 2.41. The van der Waals surface area contributed by atoms with Crippen LogP contribution < -0.4 is 5.32 Å². The highest BCUT2D eigenvalue weighted by Crippen LogP contribution is 2.13. The highest BCUT2D eigenvalue weighted by molar-refractivity contribution is 6.31. The van der Waals surface area contributed by atoms with Crippen LogP contribution in [0.15, 0.2) is 24.3 Å². The molecule has 1 atom stereocenters. The molecule has 0 unspecified atom stereocenters. The van der Waals surface area contributed by atoms with Crippen LogP contribution >= 0.6 is 11.6 Å². The molecule has 0 amide bonds. The van der Waals surface area contributed by atoms with Crippen molar-refractivity contribution in [2.24, 2.45) is 0 Å². The van der Waals surface area contributed by atoms with E-state index in [1.54, 1.807) is 6.92 Å². The third kappa shape index (κ3) is 3.77. The van der Waals surface area contributed by atoms with Gasteiger partial charge in [-0.25, -0.2) is 0 Å². The molecule has 1 aromatic carbocycles. The number of nitrogens with one attached hydrogen (secondary N) is 1. The normalized spacial score (nSPS) is 12.8. The fourth-order valence-corrected chi connectivity index (χ4v) is 1.26. The minimum atomic E-state index is -0.317. The van der Waals surface area contributed by atoms with Gasteiger partial charge < -0.3 is 10.4 Å². The van der Waals surface area contributed by atoms with Crippen molar-refractivity contribution >= 4 is 11.6 Å². The Hall–Kier alpha value is -0.570. The van der Waals surface area contributed by atoms with Crippen molar-refractivity contribution in [1.82, 2.24) is 5.32 Å². The van der Waals surface area contributed by atoms with Gasteiger partial charge in [-0.1, -0.05) is 29.8 Å². The van der Waals surface area contributed by atoms with Gasteiger partial charge in [0.05, 0.1) is 6.10 Å². The van der Waals surface area contributed by atoms with E-state index < -0.39 is 0 Å². The Morgan fingerprint density at radius 3 is 2.77 bits per heavy atom. The molecular weight excluding hydrogens is 186 g/mol. The third-order valence-corrected chi connectivity index (χ3v) is 2.08. The van der Waals surface area contributed by atoms with Crippen molar-refractivity contribution in [1.29, 1.82) is 0 Å². The summed E-state index contributed by atoms with van der Waals surface area (Å²) in [6, 6.07) is 7.68. The Labute approximate surface area is 83.5 Å². The molecule has 0 spiro atoms. The van der Waals surface area contributed by atoms with Gasteiger partial charge in [-0.2, -0.15) is 0 Å². The predicted molar refractivity (Wildman–Crippen MR) is 54.8 cm³/mol. The molecule has 2 N–H and O–H groups in total. The Morgan fingerprint density at radius 1 is 1.46 bits per heavy atom. The average Bonchev–Trinajstić information content (AvgIpc) is 2.08. The highest BCUT2D eigenvalue weighted by Gasteiger charge is 1.98. The second-order valence-electron chi connectivity index (χ2n) is 3.07. The summed E-state index contributed by atoms with van der Waals surface area (Å²) in [6.45, 7) is 3.04. The van der Waals surface area contributed by atoms with Crippen molar-refractivity contribution in [3.63, 3.8) is 0 Å². The molecule has 0 saturated carbocycles. The van der Waals surface area contributed by atoms with Gasteiger partial charge in [-0.15, -0.1) is 0 Å². The standard InChI is InChI=1S/C10H14ClNO/c1-8(13)6-12-7-9-4-2-3-5-10(9)11/h2-5,8,12-13H,6-7H2,1H3/t8-/m0/s1. The van der Waals surface area contributed by atoms with E-state index in [4.69, 9.17) is 16.7 Å². The summed E-state index contributed by atoms with van der Waals surface area (Å²) in [6.07, 6.45) is -0.317. The van der Waals surface area contributed by atoms with Gasteiger partial charge in [0, 0.05) is 18.1 Å². The molecule has 72 valence electrons. The zero-order valence-electron chi connectivity index (χ0n) is 7.63. The van der Waals surface area contributed by atoms with Crippen LogP contribution in [0.4, 0.5) is 0 Å². The van der Waals surface area contributed by atoms with Crippen LogP contribution in [0.25, 0.3) is 0 Å². The van der Waals surface area contributed by atoms with Crippen LogP contribution in [-0.2, 0) is 6.54 Å². The van der Waals surface area contributed by atoms with Crippen LogP contribution in [0.3, 0.4) is 0 Å². The Bertz CT molecular complexity index is 263. The maximum absolute atomic E-state index is 9.00. The molecule has 13 heavy (non-hydrogen) atoms. The lowest BCUT2D eigenvalue weighted by Gasteiger charge is -2.07. The number of aliphatic hydroxyl groups is 1. The number of hydrogen-bond acceptors (Lipinski definition) is 2. The lowest BCUT2D eigenvalue weighted by Crippen LogP contribution is -2.23. The van der Waals surface area contributed by atoms with Crippen LogP contribution in [-0.4, -0.2) is 17.8 Å². The van der Waals surface area contributed by atoms with Crippen LogP contribution in [0.5, 0.6) is 0 Å². The molecule has 0 radical (unpaired) electrons. The molecule has 1 rings (SSSR count). The second-order valence-corrected chi connectivity index (χ2v) is 3.48. The van der Waals surface area contributed by atoms with E-state index in [1.807, 2.05) is 24.3 Å². The molecule has 0 bridgehead atoms. The van der Waals surface area contributed by atoms with E-state index in [0.717, 1.165) is 10.6 Å². The molecular formula is C10H14ClNO. The van der Waals surface area contributed by atoms with Gasteiger partial charge in [0.25, 0.3) is 0 Å². The molecule has 0 aliphatic heterocycles. The summed E-state index contributed by atoms with van der Waals surface area (Å²) in [5, 5.41) is 12.9. The zero-order valence-corrected chi connectivity index (χ0v) is 8.38. The van der Waals surface area contributed by atoms with Crippen LogP contribution in [0.1, 0.15) is 12.5 Å². The fraction of sp³-hybridized carbons (Fsp3) is 0.400. The minimum absolute atomic E-state index is 0.317. The van der Waals surface area contributed by atoms with E-state index in [1.165, 1.54) is 0 Å². The van der Waals surface area contributed by atoms with Crippen molar-refractivity contribution in [2.45, 2.75) is 19.6 Å². The summed E-state index contributed by atoms with van der Waals surface area (Å²) in [5.74, 6) is 0. The zero-order chi connectivity index (χ0) is 9.68. The quantitative estimate of drug-likeness (QED) is 0.776. The van der Waals surface area contributed by atoms with E-state index in [9.17, 15) is 0 Å². The van der Waals surface area contributed by atoms with E-state index in [2.05, 4.69) is 5.32 Å². The monoisotopic (exact) mass is 199 g/mol. The second kappa shape index (κ2) is 5.22. The lowest BCUT2D eigenvalue weighted by molar-refractivity contribution is 0.191. The first-order valence-electron chi connectivity index (χ1n) is 4.32. The molecule has 3 heteroatoms. The molecule has 0 aromatic heterocycles. The van der Waals surface area contributed by atoms with Crippen LogP contribution in [0, 0.1) is 0 Å². The van der Waals surface area contributed by atoms with Gasteiger partial charge in [-0.3, -0.25) is 0 Å². The highest BCUT2D eigenvalue weighted by atomic mass is 35.5. The van der Waals surface area contributed by atoms with Gasteiger partial charge in [0.2, 0.25) is 0 Å². The molecule has 0 heterocycles. The van der Waals surface area contributed by atoms with Crippen LogP contribution in [0.2, 0.25) is 5.02 Å². The number of benzene rings is 1. The van der Waals surface area contributed by atoms with Gasteiger partial charge in [0.15, 0.2) is 0 Å². The lowest BCUT2D eigenvalue weighted by atomic mass is 10.2. The molecule has 0 aliphatic carbocycles. The fourth-order valence-electron chi connectivity index (χ4n) is 1.06. The van der Waals surface area contributed by atoms with E-state index in [0.29, 0.717) is 13.1 Å². The maximum Gasteiger partial charge on any atom is 0.0636 e. The number of hydrogen-bond donors (Lipinski definition) is 2. The van der Waals surface area contributed by atoms with Crippen molar-refractivity contribution in [2.75, 3.05) is 6.54 Å². The largest absolute Gasteiger partial charge is 0.392 e. The summed E-state index contributed by atoms with van der Waals surface area (Å²) < 4.78 is 0. The summed E-state index contributed by atoms with van der Waals surface area (Å²) in [7, 11) is 0. The number of aliphatic hydroxyl groups excluding tert-OH is 1. The van der Waals surface area contributed by atoms with Gasteiger partial charge in [0.1, 0.15) is 0 Å².